The number of nitrogens with zero attached hydrogens (tertiary/aromatic N) is 1. The summed E-state index contributed by atoms with van der Waals surface area (Å²) in [6.07, 6.45) is 0. The molecule has 4 nitrogen and oxygen atoms in total. The van der Waals surface area contributed by atoms with Crippen molar-refractivity contribution in [3.05, 3.63) is 27.7 Å². The molecular weight excluding hydrogens is 289 g/mol. The van der Waals surface area contributed by atoms with Crippen LogP contribution in [-0.2, 0) is 4.74 Å². The van der Waals surface area contributed by atoms with E-state index in [-0.39, 0.29) is 16.3 Å². The van der Waals surface area contributed by atoms with Crippen molar-refractivity contribution in [1.29, 1.82) is 0 Å². The molecule has 0 unspecified atom stereocenters. The van der Waals surface area contributed by atoms with Gasteiger partial charge in [-0.15, -0.1) is 0 Å². The summed E-state index contributed by atoms with van der Waals surface area (Å²) in [5.74, 6) is -0.290. The highest BCUT2D eigenvalue weighted by Gasteiger charge is 2.21. The molecular formula is C13H18Cl2NO3+. The Bertz CT molecular complexity index is 470. The lowest BCUT2D eigenvalue weighted by Crippen LogP contribution is -2.38. The Kier molecular flexibility index (Phi) is 5.47. The van der Waals surface area contributed by atoms with Crippen LogP contribution in [0.2, 0.25) is 10.0 Å². The number of likely N-dealkylation sites (N-methyl/N-ethyl adjacent to an activating group) is 1. The van der Waals surface area contributed by atoms with Crippen molar-refractivity contribution in [3.8, 4) is 5.75 Å². The van der Waals surface area contributed by atoms with Crippen molar-refractivity contribution in [3.63, 3.8) is 0 Å². The molecule has 106 valence electrons. The number of halogens is 2. The number of esters is 1. The van der Waals surface area contributed by atoms with E-state index in [1.165, 1.54) is 7.11 Å². The molecule has 0 bridgehead atoms. The van der Waals surface area contributed by atoms with Gasteiger partial charge >= 0.3 is 5.97 Å². The van der Waals surface area contributed by atoms with Crippen LogP contribution in [0.4, 0.5) is 0 Å². The van der Waals surface area contributed by atoms with E-state index in [1.807, 2.05) is 21.1 Å². The normalized spacial score (nSPS) is 11.3. The third kappa shape index (κ3) is 4.56. The smallest absolute Gasteiger partial charge is 0.343 e. The third-order valence-electron chi connectivity index (χ3n) is 2.46. The van der Waals surface area contributed by atoms with Crippen LogP contribution < -0.4 is 4.74 Å². The Morgan fingerprint density at radius 2 is 1.79 bits per heavy atom. The van der Waals surface area contributed by atoms with Gasteiger partial charge in [0.25, 0.3) is 0 Å². The highest BCUT2D eigenvalue weighted by Crippen LogP contribution is 2.34. The number of ether oxygens (including phenoxy) is 2. The molecule has 0 fully saturated rings. The van der Waals surface area contributed by atoms with Gasteiger partial charge in [-0.25, -0.2) is 4.79 Å². The molecule has 6 heteroatoms. The zero-order valence-corrected chi connectivity index (χ0v) is 13.0. The van der Waals surface area contributed by atoms with Gasteiger partial charge in [0.15, 0.2) is 5.75 Å². The van der Waals surface area contributed by atoms with Gasteiger partial charge in [-0.3, -0.25) is 0 Å². The van der Waals surface area contributed by atoms with E-state index in [2.05, 4.69) is 0 Å². The summed E-state index contributed by atoms with van der Waals surface area (Å²) >= 11 is 12.0. The van der Waals surface area contributed by atoms with Crippen LogP contribution in [-0.4, -0.2) is 51.9 Å². The fourth-order valence-corrected chi connectivity index (χ4v) is 1.87. The summed E-state index contributed by atoms with van der Waals surface area (Å²) in [6.45, 7) is 1.00. The number of rotatable bonds is 5. The molecule has 0 spiro atoms. The third-order valence-corrected chi connectivity index (χ3v) is 3.07. The van der Waals surface area contributed by atoms with Gasteiger partial charge in [0.05, 0.1) is 38.3 Å². The molecule has 0 atom stereocenters. The highest BCUT2D eigenvalue weighted by molar-refractivity contribution is 6.37. The Morgan fingerprint density at radius 3 is 2.32 bits per heavy atom. The second-order valence-electron chi connectivity index (χ2n) is 5.09. The van der Waals surface area contributed by atoms with Crippen molar-refractivity contribution in [1.82, 2.24) is 0 Å². The van der Waals surface area contributed by atoms with Crippen molar-refractivity contribution in [2.45, 2.75) is 0 Å². The monoisotopic (exact) mass is 306 g/mol. The minimum absolute atomic E-state index is 0.165. The molecule has 1 rings (SSSR count). The lowest BCUT2D eigenvalue weighted by Gasteiger charge is -2.23. The first-order valence-corrected chi connectivity index (χ1v) is 6.51. The maximum atomic E-state index is 12.0. The summed E-state index contributed by atoms with van der Waals surface area (Å²) in [5.41, 5.74) is 0.165. The standard InChI is InChI=1S/C13H18Cl2NO3/c1-16(2,3)7-8-19-13(17)11-9(14)5-6-10(15)12(11)18-4/h5-6H,7-8H2,1-4H3/q+1. The van der Waals surface area contributed by atoms with E-state index in [1.54, 1.807) is 12.1 Å². The molecule has 1 aromatic carbocycles. The number of carbonyl (C=O) groups is 1. The number of carbonyl (C=O) groups excluding carboxylic acids is 1. The molecule has 0 aliphatic heterocycles. The van der Waals surface area contributed by atoms with Gasteiger partial charge in [0.2, 0.25) is 0 Å². The Hall–Kier alpha value is -0.970. The summed E-state index contributed by atoms with van der Waals surface area (Å²) in [6, 6.07) is 3.12. The van der Waals surface area contributed by atoms with Crippen LogP contribution in [0.15, 0.2) is 12.1 Å². The largest absolute Gasteiger partial charge is 0.494 e. The zero-order chi connectivity index (χ0) is 14.6. The topological polar surface area (TPSA) is 35.5 Å². The van der Waals surface area contributed by atoms with E-state index < -0.39 is 5.97 Å². The fourth-order valence-electron chi connectivity index (χ4n) is 1.41. The SMILES string of the molecule is COc1c(Cl)ccc(Cl)c1C(=O)OCC[N+](C)(C)C. The molecule has 0 radical (unpaired) electrons. The number of quaternary nitrogens is 1. The molecule has 1 aromatic rings. The molecule has 0 saturated carbocycles. The van der Waals surface area contributed by atoms with E-state index in [0.29, 0.717) is 22.7 Å². The Labute approximate surface area is 123 Å². The minimum Gasteiger partial charge on any atom is -0.494 e. The highest BCUT2D eigenvalue weighted by atomic mass is 35.5. The van der Waals surface area contributed by atoms with Gasteiger partial charge in [-0.1, -0.05) is 23.2 Å². The molecule has 0 N–H and O–H groups in total. The minimum atomic E-state index is -0.530. The fraction of sp³-hybridized carbons (Fsp3) is 0.462. The van der Waals surface area contributed by atoms with Crippen molar-refractivity contribution >= 4 is 29.2 Å². The van der Waals surface area contributed by atoms with Gasteiger partial charge < -0.3 is 14.0 Å². The number of benzene rings is 1. The van der Waals surface area contributed by atoms with E-state index in [9.17, 15) is 4.79 Å². The van der Waals surface area contributed by atoms with Gasteiger partial charge in [-0.2, -0.15) is 0 Å². The summed E-state index contributed by atoms with van der Waals surface area (Å²) in [5, 5.41) is 0.585. The predicted octanol–water partition coefficient (Wildman–Crippen LogP) is 2.87. The second-order valence-corrected chi connectivity index (χ2v) is 5.90. The Morgan fingerprint density at radius 1 is 1.21 bits per heavy atom. The maximum Gasteiger partial charge on any atom is 0.343 e. The number of hydrogen-bond acceptors (Lipinski definition) is 3. The summed E-state index contributed by atoms with van der Waals surface area (Å²) in [4.78, 5) is 12.0. The van der Waals surface area contributed by atoms with Crippen molar-refractivity contribution in [2.75, 3.05) is 41.4 Å². The van der Waals surface area contributed by atoms with E-state index in [0.717, 1.165) is 0 Å². The quantitative estimate of drug-likeness (QED) is 0.620. The predicted molar refractivity (Wildman–Crippen MR) is 76.2 cm³/mol. The van der Waals surface area contributed by atoms with Crippen LogP contribution in [0.25, 0.3) is 0 Å². The lowest BCUT2D eigenvalue weighted by atomic mass is 10.2. The molecule has 0 aromatic heterocycles. The first kappa shape index (κ1) is 16.1. The van der Waals surface area contributed by atoms with Crippen LogP contribution in [0, 0.1) is 0 Å². The average molecular weight is 307 g/mol. The van der Waals surface area contributed by atoms with E-state index in [4.69, 9.17) is 32.7 Å². The van der Waals surface area contributed by atoms with Gasteiger partial charge in [0.1, 0.15) is 18.7 Å². The van der Waals surface area contributed by atoms with Crippen LogP contribution in [0.3, 0.4) is 0 Å². The van der Waals surface area contributed by atoms with E-state index >= 15 is 0 Å². The van der Waals surface area contributed by atoms with Crippen molar-refractivity contribution in [2.24, 2.45) is 0 Å². The summed E-state index contributed by atoms with van der Waals surface area (Å²) < 4.78 is 11.0. The number of hydrogen-bond donors (Lipinski definition) is 0. The molecule has 19 heavy (non-hydrogen) atoms. The molecule has 0 aliphatic rings. The maximum absolute atomic E-state index is 12.0. The van der Waals surface area contributed by atoms with Crippen LogP contribution in [0.5, 0.6) is 5.75 Å². The van der Waals surface area contributed by atoms with Gasteiger partial charge in [0, 0.05) is 0 Å². The molecule has 0 amide bonds. The Balaban J connectivity index is 2.85. The average Bonchev–Trinajstić information content (AvgIpc) is 2.29. The van der Waals surface area contributed by atoms with Gasteiger partial charge in [-0.05, 0) is 12.1 Å². The zero-order valence-electron chi connectivity index (χ0n) is 11.5. The van der Waals surface area contributed by atoms with Crippen LogP contribution >= 0.6 is 23.2 Å². The second kappa shape index (κ2) is 6.46. The molecule has 0 aliphatic carbocycles. The first-order chi connectivity index (χ1) is 8.76. The van der Waals surface area contributed by atoms with Crippen molar-refractivity contribution < 1.29 is 18.8 Å². The molecule has 0 heterocycles. The van der Waals surface area contributed by atoms with Crippen LogP contribution in [0.1, 0.15) is 10.4 Å². The first-order valence-electron chi connectivity index (χ1n) is 5.76. The number of methoxy groups -OCH3 is 1. The summed E-state index contributed by atoms with van der Waals surface area (Å²) in [7, 11) is 7.47. The molecule has 0 saturated heterocycles. The lowest BCUT2D eigenvalue weighted by molar-refractivity contribution is -0.870.